The number of hydrogen-bond donors (Lipinski definition) is 2. The number of pyridine rings is 2. The van der Waals surface area contributed by atoms with E-state index in [1.165, 1.54) is 24.5 Å². The summed E-state index contributed by atoms with van der Waals surface area (Å²) < 4.78 is 0. The van der Waals surface area contributed by atoms with E-state index in [-0.39, 0.29) is 21.7 Å². The van der Waals surface area contributed by atoms with E-state index in [9.17, 15) is 4.79 Å². The van der Waals surface area contributed by atoms with Crippen molar-refractivity contribution in [3.05, 3.63) is 45.7 Å². The smallest absolute Gasteiger partial charge is 0.177 e. The number of nitrogens with zero attached hydrogens (tertiary/aromatic N) is 2. The van der Waals surface area contributed by atoms with E-state index in [0.29, 0.717) is 11.1 Å². The molecule has 2 aromatic rings. The van der Waals surface area contributed by atoms with Crippen LogP contribution >= 0.6 is 46.4 Å². The van der Waals surface area contributed by atoms with Gasteiger partial charge in [0.15, 0.2) is 5.78 Å². The molecule has 2 unspecified atom stereocenters. The van der Waals surface area contributed by atoms with E-state index in [4.69, 9.17) is 57.9 Å². The Hall–Kier alpha value is -1.27. The number of alkyl halides is 2. The van der Waals surface area contributed by atoms with Crippen LogP contribution in [0.5, 0.6) is 0 Å². The molecular formula is C13H10Cl4N4O. The maximum atomic E-state index is 12.4. The maximum Gasteiger partial charge on any atom is 0.177 e. The van der Waals surface area contributed by atoms with E-state index in [0.717, 1.165) is 0 Å². The maximum absolute atomic E-state index is 12.4. The van der Waals surface area contributed by atoms with Crippen molar-refractivity contribution in [3.63, 3.8) is 0 Å². The molecule has 0 fully saturated rings. The highest BCUT2D eigenvalue weighted by molar-refractivity contribution is 6.40. The second-order valence-electron chi connectivity index (χ2n) is 4.40. The number of Topliss-reactive ketones (excluding diaryl/α,β-unsaturated/α-hetero) is 1. The Morgan fingerprint density at radius 3 is 1.59 bits per heavy atom. The normalized spacial score (nSPS) is 13.6. The number of aromatic nitrogens is 2. The quantitative estimate of drug-likeness (QED) is 0.788. The van der Waals surface area contributed by atoms with Crippen LogP contribution in [0, 0.1) is 0 Å². The number of hydrogen-bond acceptors (Lipinski definition) is 5. The number of nitrogens with two attached hydrogens (primary N) is 2. The second-order valence-corrected chi connectivity index (χ2v) is 6.09. The fourth-order valence-electron chi connectivity index (χ4n) is 1.66. The Bertz CT molecular complexity index is 666. The standard InChI is InChI=1S/C13H10Cl4N4O/c14-7-1-5(3-20-12(7)18)9(16)11(22)10(17)6-2-8(15)13(19)21-4-6/h1-4,9-10H,(H2,18,20)(H2,19,21). The molecule has 0 aliphatic heterocycles. The first-order valence-corrected chi connectivity index (χ1v) is 7.58. The lowest BCUT2D eigenvalue weighted by molar-refractivity contribution is -0.118. The minimum absolute atomic E-state index is 0.152. The molecule has 4 N–H and O–H groups in total. The highest BCUT2D eigenvalue weighted by Gasteiger charge is 2.27. The number of nitrogen functional groups attached to an aromatic ring is 2. The molecule has 0 saturated carbocycles. The lowest BCUT2D eigenvalue weighted by Gasteiger charge is -2.14. The summed E-state index contributed by atoms with van der Waals surface area (Å²) in [4.78, 5) is 20.1. The van der Waals surface area contributed by atoms with Gasteiger partial charge in [-0.25, -0.2) is 9.97 Å². The van der Waals surface area contributed by atoms with Gasteiger partial charge in [-0.2, -0.15) is 0 Å². The first-order valence-electron chi connectivity index (χ1n) is 5.95. The van der Waals surface area contributed by atoms with Crippen LogP contribution in [0.4, 0.5) is 11.6 Å². The van der Waals surface area contributed by atoms with Crippen molar-refractivity contribution in [1.82, 2.24) is 9.97 Å². The zero-order valence-electron chi connectivity index (χ0n) is 10.9. The van der Waals surface area contributed by atoms with Crippen molar-refractivity contribution in [2.45, 2.75) is 10.8 Å². The molecule has 9 heteroatoms. The zero-order valence-corrected chi connectivity index (χ0v) is 14.0. The third-order valence-electron chi connectivity index (χ3n) is 2.87. The first-order chi connectivity index (χ1) is 10.3. The average molecular weight is 380 g/mol. The Labute approximate surface area is 146 Å². The predicted molar refractivity (Wildman–Crippen MR) is 89.5 cm³/mol. The molecule has 2 rings (SSSR count). The molecule has 2 aromatic heterocycles. The van der Waals surface area contributed by atoms with Gasteiger partial charge >= 0.3 is 0 Å². The summed E-state index contributed by atoms with van der Waals surface area (Å²) in [6, 6.07) is 2.94. The van der Waals surface area contributed by atoms with Gasteiger partial charge in [0.1, 0.15) is 22.4 Å². The summed E-state index contributed by atoms with van der Waals surface area (Å²) in [5.41, 5.74) is 11.8. The van der Waals surface area contributed by atoms with Gasteiger partial charge in [0.25, 0.3) is 0 Å². The van der Waals surface area contributed by atoms with Crippen molar-refractivity contribution >= 4 is 63.8 Å². The minimum atomic E-state index is -1.04. The summed E-state index contributed by atoms with van der Waals surface area (Å²) in [6.45, 7) is 0. The number of anilines is 2. The molecule has 2 atom stereocenters. The first kappa shape index (κ1) is 17.1. The molecule has 0 aliphatic rings. The van der Waals surface area contributed by atoms with Gasteiger partial charge in [-0.3, -0.25) is 4.79 Å². The molecule has 5 nitrogen and oxygen atoms in total. The van der Waals surface area contributed by atoms with Gasteiger partial charge < -0.3 is 11.5 Å². The summed E-state index contributed by atoms with van der Waals surface area (Å²) >= 11 is 24.0. The molecule has 0 radical (unpaired) electrons. The van der Waals surface area contributed by atoms with Crippen molar-refractivity contribution in [1.29, 1.82) is 0 Å². The Morgan fingerprint density at radius 2 is 1.27 bits per heavy atom. The molecule has 116 valence electrons. The lowest BCUT2D eigenvalue weighted by Crippen LogP contribution is -2.14. The van der Waals surface area contributed by atoms with Crippen molar-refractivity contribution in [2.24, 2.45) is 0 Å². The van der Waals surface area contributed by atoms with Gasteiger partial charge in [-0.1, -0.05) is 23.2 Å². The molecular weight excluding hydrogens is 370 g/mol. The minimum Gasteiger partial charge on any atom is -0.382 e. The van der Waals surface area contributed by atoms with Crippen LogP contribution in [0.1, 0.15) is 21.9 Å². The van der Waals surface area contributed by atoms with Crippen LogP contribution in [0.15, 0.2) is 24.5 Å². The highest BCUT2D eigenvalue weighted by atomic mass is 35.5. The van der Waals surface area contributed by atoms with E-state index < -0.39 is 16.5 Å². The number of carbonyl (C=O) groups is 1. The van der Waals surface area contributed by atoms with Crippen LogP contribution < -0.4 is 11.5 Å². The van der Waals surface area contributed by atoms with Crippen LogP contribution in [0.2, 0.25) is 10.0 Å². The third kappa shape index (κ3) is 3.55. The summed E-state index contributed by atoms with van der Waals surface area (Å²) in [6.07, 6.45) is 2.74. The van der Waals surface area contributed by atoms with Crippen LogP contribution in [0.25, 0.3) is 0 Å². The van der Waals surface area contributed by atoms with Crippen molar-refractivity contribution in [3.8, 4) is 0 Å². The largest absolute Gasteiger partial charge is 0.382 e. The fourth-order valence-corrected chi connectivity index (χ4v) is 2.57. The van der Waals surface area contributed by atoms with Crippen LogP contribution in [0.3, 0.4) is 0 Å². The monoisotopic (exact) mass is 378 g/mol. The average Bonchev–Trinajstić information content (AvgIpc) is 2.50. The molecule has 2 heterocycles. The number of rotatable bonds is 4. The number of halogens is 4. The van der Waals surface area contributed by atoms with E-state index in [2.05, 4.69) is 9.97 Å². The molecule has 0 saturated heterocycles. The predicted octanol–water partition coefficient (Wildman–Crippen LogP) is 3.78. The Balaban J connectivity index is 2.25. The molecule has 0 amide bonds. The zero-order chi connectivity index (χ0) is 16.4. The summed E-state index contributed by atoms with van der Waals surface area (Å²) in [7, 11) is 0. The van der Waals surface area contributed by atoms with Gasteiger partial charge in [0.05, 0.1) is 10.0 Å². The molecule has 0 aromatic carbocycles. The van der Waals surface area contributed by atoms with E-state index in [1.54, 1.807) is 0 Å². The second kappa shape index (κ2) is 6.87. The molecule has 22 heavy (non-hydrogen) atoms. The lowest BCUT2D eigenvalue weighted by atomic mass is 10.0. The van der Waals surface area contributed by atoms with Crippen LogP contribution in [-0.4, -0.2) is 15.8 Å². The highest BCUT2D eigenvalue weighted by Crippen LogP contribution is 2.34. The summed E-state index contributed by atoms with van der Waals surface area (Å²) in [5.74, 6) is -0.161. The Morgan fingerprint density at radius 1 is 0.909 bits per heavy atom. The number of carbonyl (C=O) groups excluding carboxylic acids is 1. The van der Waals surface area contributed by atoms with Crippen LogP contribution in [-0.2, 0) is 4.79 Å². The topological polar surface area (TPSA) is 94.9 Å². The fraction of sp³-hybridized carbons (Fsp3) is 0.154. The SMILES string of the molecule is Nc1ncc(C(Cl)C(=O)C(Cl)c2cnc(N)c(Cl)c2)cc1Cl. The van der Waals surface area contributed by atoms with Gasteiger partial charge in [-0.15, -0.1) is 23.2 Å². The molecule has 0 bridgehead atoms. The number of ketones is 1. The third-order valence-corrected chi connectivity index (χ3v) is 4.41. The van der Waals surface area contributed by atoms with Gasteiger partial charge in [-0.05, 0) is 23.3 Å². The van der Waals surface area contributed by atoms with Crippen molar-refractivity contribution in [2.75, 3.05) is 11.5 Å². The van der Waals surface area contributed by atoms with Gasteiger partial charge in [0.2, 0.25) is 0 Å². The van der Waals surface area contributed by atoms with Gasteiger partial charge in [0, 0.05) is 12.4 Å². The van der Waals surface area contributed by atoms with E-state index in [1.807, 2.05) is 0 Å². The van der Waals surface area contributed by atoms with Crippen molar-refractivity contribution < 1.29 is 4.79 Å². The molecule has 0 spiro atoms. The molecule has 0 aliphatic carbocycles. The van der Waals surface area contributed by atoms with E-state index >= 15 is 0 Å². The Kier molecular flexibility index (Phi) is 5.34. The summed E-state index contributed by atoms with van der Waals surface area (Å²) in [5, 5.41) is -1.66.